The third-order valence-electron chi connectivity index (χ3n) is 3.68. The molecule has 0 saturated heterocycles. The van der Waals surface area contributed by atoms with E-state index in [1.807, 2.05) is 19.9 Å². The lowest BCUT2D eigenvalue weighted by Crippen LogP contribution is -2.25. The largest absolute Gasteiger partial charge is 0.469 e. The molecule has 134 valence electrons. The minimum atomic E-state index is -0.242. The van der Waals surface area contributed by atoms with Gasteiger partial charge < -0.3 is 14.6 Å². The van der Waals surface area contributed by atoms with Crippen molar-refractivity contribution in [1.82, 2.24) is 15.5 Å². The summed E-state index contributed by atoms with van der Waals surface area (Å²) in [6.45, 7) is 4.42. The van der Waals surface area contributed by atoms with Gasteiger partial charge in [-0.3, -0.25) is 9.59 Å². The van der Waals surface area contributed by atoms with Crippen molar-refractivity contribution in [2.45, 2.75) is 39.0 Å². The van der Waals surface area contributed by atoms with Crippen molar-refractivity contribution in [2.75, 3.05) is 13.7 Å². The molecule has 0 spiro atoms. The van der Waals surface area contributed by atoms with Crippen molar-refractivity contribution in [3.8, 4) is 11.5 Å². The highest BCUT2D eigenvalue weighted by atomic mass is 16.5. The monoisotopic (exact) mass is 345 g/mol. The molecular weight excluding hydrogens is 322 g/mol. The van der Waals surface area contributed by atoms with Crippen LogP contribution in [0.4, 0.5) is 0 Å². The molecule has 0 fully saturated rings. The van der Waals surface area contributed by atoms with Gasteiger partial charge in [0.1, 0.15) is 0 Å². The molecule has 25 heavy (non-hydrogen) atoms. The van der Waals surface area contributed by atoms with Crippen LogP contribution < -0.4 is 5.32 Å². The second-order valence-corrected chi connectivity index (χ2v) is 5.95. The average molecular weight is 345 g/mol. The molecule has 1 aromatic heterocycles. The molecule has 0 aliphatic heterocycles. The fraction of sp³-hybridized carbons (Fsp3) is 0.444. The standard InChI is InChI=1S/C18H23N3O4/c1-12(2)16-20-18(25-21-16)14-9-5-4-8-13(14)17(23)19-11-7-6-10-15(22)24-3/h4-5,8-9,12H,6-7,10-11H2,1-3H3,(H,19,23). The Kier molecular flexibility index (Phi) is 6.68. The van der Waals surface area contributed by atoms with E-state index >= 15 is 0 Å². The first kappa shape index (κ1) is 18.6. The van der Waals surface area contributed by atoms with Gasteiger partial charge in [0, 0.05) is 18.9 Å². The van der Waals surface area contributed by atoms with Crippen molar-refractivity contribution in [1.29, 1.82) is 0 Å². The zero-order valence-corrected chi connectivity index (χ0v) is 14.7. The average Bonchev–Trinajstić information content (AvgIpc) is 3.11. The topological polar surface area (TPSA) is 94.3 Å². The molecule has 1 heterocycles. The second-order valence-electron chi connectivity index (χ2n) is 5.95. The Morgan fingerprint density at radius 3 is 2.68 bits per heavy atom. The van der Waals surface area contributed by atoms with Gasteiger partial charge in [-0.2, -0.15) is 4.98 Å². The number of hydrogen-bond donors (Lipinski definition) is 1. The van der Waals surface area contributed by atoms with Gasteiger partial charge in [0.2, 0.25) is 0 Å². The van der Waals surface area contributed by atoms with Crippen molar-refractivity contribution in [2.24, 2.45) is 0 Å². The molecule has 1 N–H and O–H groups in total. The third kappa shape index (κ3) is 5.14. The minimum Gasteiger partial charge on any atom is -0.469 e. The number of benzene rings is 1. The summed E-state index contributed by atoms with van der Waals surface area (Å²) in [5.74, 6) is 0.633. The molecule has 0 atom stereocenters. The van der Waals surface area contributed by atoms with Crippen LogP contribution in [0, 0.1) is 0 Å². The zero-order valence-electron chi connectivity index (χ0n) is 14.7. The number of carbonyl (C=O) groups excluding carboxylic acids is 2. The van der Waals surface area contributed by atoms with Gasteiger partial charge in [0.05, 0.1) is 18.2 Å². The van der Waals surface area contributed by atoms with Gasteiger partial charge in [-0.05, 0) is 25.0 Å². The minimum absolute atomic E-state index is 0.147. The normalized spacial score (nSPS) is 10.7. The number of unbranched alkanes of at least 4 members (excludes halogenated alkanes) is 1. The SMILES string of the molecule is COC(=O)CCCCNC(=O)c1ccccc1-c1nc(C(C)C)no1. The molecule has 2 aromatic rings. The number of ether oxygens (including phenoxy) is 1. The molecule has 0 radical (unpaired) electrons. The Morgan fingerprint density at radius 1 is 1.24 bits per heavy atom. The summed E-state index contributed by atoms with van der Waals surface area (Å²) < 4.78 is 9.87. The second kappa shape index (κ2) is 8.96. The Balaban J connectivity index is 1.99. The van der Waals surface area contributed by atoms with Crippen molar-refractivity contribution < 1.29 is 18.8 Å². The van der Waals surface area contributed by atoms with Gasteiger partial charge in [0.25, 0.3) is 11.8 Å². The predicted molar refractivity (Wildman–Crippen MR) is 92.0 cm³/mol. The Morgan fingerprint density at radius 2 is 2.00 bits per heavy atom. The Bertz CT molecular complexity index is 725. The van der Waals surface area contributed by atoms with Crippen molar-refractivity contribution >= 4 is 11.9 Å². The number of rotatable bonds is 8. The maximum Gasteiger partial charge on any atom is 0.305 e. The van der Waals surface area contributed by atoms with E-state index in [2.05, 4.69) is 20.2 Å². The molecule has 1 amide bonds. The molecular formula is C18H23N3O4. The molecule has 0 aliphatic carbocycles. The first-order chi connectivity index (χ1) is 12.0. The maximum atomic E-state index is 12.4. The van der Waals surface area contributed by atoms with Crippen LogP contribution in [0.1, 0.15) is 55.2 Å². The summed E-state index contributed by atoms with van der Waals surface area (Å²) in [6, 6.07) is 7.11. The molecule has 0 unspecified atom stereocenters. The summed E-state index contributed by atoms with van der Waals surface area (Å²) in [5, 5.41) is 6.79. The van der Waals surface area contributed by atoms with Crippen LogP contribution in [-0.2, 0) is 9.53 Å². The van der Waals surface area contributed by atoms with Crippen LogP contribution in [-0.4, -0.2) is 35.7 Å². The third-order valence-corrected chi connectivity index (χ3v) is 3.68. The quantitative estimate of drug-likeness (QED) is 0.584. The number of hydrogen-bond acceptors (Lipinski definition) is 6. The van der Waals surface area contributed by atoms with Gasteiger partial charge in [-0.1, -0.05) is 31.1 Å². The van der Waals surface area contributed by atoms with Gasteiger partial charge >= 0.3 is 5.97 Å². The number of methoxy groups -OCH3 is 1. The fourth-order valence-electron chi connectivity index (χ4n) is 2.24. The summed E-state index contributed by atoms with van der Waals surface area (Å²) >= 11 is 0. The highest BCUT2D eigenvalue weighted by Gasteiger charge is 2.18. The van der Waals surface area contributed by atoms with Gasteiger partial charge in [-0.15, -0.1) is 0 Å². The Hall–Kier alpha value is -2.70. The number of nitrogens with zero attached hydrogens (tertiary/aromatic N) is 2. The van der Waals surface area contributed by atoms with Crippen molar-refractivity contribution in [3.63, 3.8) is 0 Å². The van der Waals surface area contributed by atoms with Crippen LogP contribution in [0.3, 0.4) is 0 Å². The summed E-state index contributed by atoms with van der Waals surface area (Å²) in [4.78, 5) is 27.8. The fourth-order valence-corrected chi connectivity index (χ4v) is 2.24. The number of aromatic nitrogens is 2. The molecule has 0 aliphatic rings. The van der Waals surface area contributed by atoms with E-state index in [1.54, 1.807) is 18.2 Å². The first-order valence-electron chi connectivity index (χ1n) is 8.31. The van der Waals surface area contributed by atoms with Gasteiger partial charge in [0.15, 0.2) is 5.82 Å². The molecule has 2 rings (SSSR count). The van der Waals surface area contributed by atoms with E-state index in [-0.39, 0.29) is 17.8 Å². The molecule has 0 bridgehead atoms. The van der Waals surface area contributed by atoms with E-state index in [4.69, 9.17) is 4.52 Å². The number of carbonyl (C=O) groups is 2. The lowest BCUT2D eigenvalue weighted by Gasteiger charge is -2.07. The van der Waals surface area contributed by atoms with Crippen LogP contribution in [0.5, 0.6) is 0 Å². The number of esters is 1. The van der Waals surface area contributed by atoms with Gasteiger partial charge in [-0.25, -0.2) is 0 Å². The molecule has 1 aromatic carbocycles. The van der Waals surface area contributed by atoms with Crippen LogP contribution in [0.25, 0.3) is 11.5 Å². The predicted octanol–water partition coefficient (Wildman–Crippen LogP) is 2.93. The van der Waals surface area contributed by atoms with E-state index in [0.29, 0.717) is 48.6 Å². The van der Waals surface area contributed by atoms with Crippen LogP contribution >= 0.6 is 0 Å². The van der Waals surface area contributed by atoms with E-state index < -0.39 is 0 Å². The number of amides is 1. The van der Waals surface area contributed by atoms with E-state index in [1.165, 1.54) is 7.11 Å². The smallest absolute Gasteiger partial charge is 0.305 e. The highest BCUT2D eigenvalue weighted by molar-refractivity contribution is 5.99. The van der Waals surface area contributed by atoms with E-state index in [0.717, 1.165) is 0 Å². The zero-order chi connectivity index (χ0) is 18.2. The first-order valence-corrected chi connectivity index (χ1v) is 8.31. The summed E-state index contributed by atoms with van der Waals surface area (Å²) in [6.07, 6.45) is 1.71. The van der Waals surface area contributed by atoms with E-state index in [9.17, 15) is 9.59 Å². The lowest BCUT2D eigenvalue weighted by molar-refractivity contribution is -0.140. The summed E-state index contributed by atoms with van der Waals surface area (Å²) in [5.41, 5.74) is 1.09. The number of nitrogens with one attached hydrogen (secondary N) is 1. The Labute approximate surface area is 146 Å². The molecule has 7 nitrogen and oxygen atoms in total. The molecule has 0 saturated carbocycles. The maximum absolute atomic E-state index is 12.4. The van der Waals surface area contributed by atoms with Crippen molar-refractivity contribution in [3.05, 3.63) is 35.7 Å². The molecule has 7 heteroatoms. The lowest BCUT2D eigenvalue weighted by atomic mass is 10.1. The summed E-state index contributed by atoms with van der Waals surface area (Å²) in [7, 11) is 1.36. The van der Waals surface area contributed by atoms with Crippen LogP contribution in [0.2, 0.25) is 0 Å². The highest BCUT2D eigenvalue weighted by Crippen LogP contribution is 2.23. The van der Waals surface area contributed by atoms with Crippen LogP contribution in [0.15, 0.2) is 28.8 Å².